The predicted molar refractivity (Wildman–Crippen MR) is 79.3 cm³/mol. The van der Waals surface area contributed by atoms with Crippen molar-refractivity contribution >= 4 is 22.0 Å². The molecule has 1 aromatic heterocycles. The van der Waals surface area contributed by atoms with Gasteiger partial charge in [-0.1, -0.05) is 0 Å². The number of hydrogen-bond donors (Lipinski definition) is 1. The quantitative estimate of drug-likeness (QED) is 0.803. The third kappa shape index (κ3) is 3.35. The predicted octanol–water partition coefficient (Wildman–Crippen LogP) is 0.742. The average molecular weight is 342 g/mol. The minimum absolute atomic E-state index is 0.00144. The molecule has 1 aromatic rings. The van der Waals surface area contributed by atoms with Crippen molar-refractivity contribution in [3.8, 4) is 0 Å². The summed E-state index contributed by atoms with van der Waals surface area (Å²) >= 11 is 0. The number of esters is 1. The Morgan fingerprint density at radius 3 is 2.61 bits per heavy atom. The SMILES string of the molecule is COC(=O)c1ccc(S(=O)(=O)N2CCC[C@H](C(=O)O)[C@@H]2C)cn1. The summed E-state index contributed by atoms with van der Waals surface area (Å²) in [6.07, 6.45) is 2.01. The van der Waals surface area contributed by atoms with E-state index in [1.54, 1.807) is 6.92 Å². The van der Waals surface area contributed by atoms with Gasteiger partial charge in [-0.25, -0.2) is 18.2 Å². The van der Waals surface area contributed by atoms with Crippen molar-refractivity contribution in [2.75, 3.05) is 13.7 Å². The van der Waals surface area contributed by atoms with Gasteiger partial charge in [0.05, 0.1) is 13.0 Å². The van der Waals surface area contributed by atoms with Crippen LogP contribution >= 0.6 is 0 Å². The van der Waals surface area contributed by atoms with Crippen LogP contribution < -0.4 is 0 Å². The van der Waals surface area contributed by atoms with Gasteiger partial charge in [-0.15, -0.1) is 0 Å². The third-order valence-electron chi connectivity index (χ3n) is 3.98. The van der Waals surface area contributed by atoms with Crippen LogP contribution in [0.1, 0.15) is 30.3 Å². The zero-order chi connectivity index (χ0) is 17.2. The second-order valence-electron chi connectivity index (χ2n) is 5.31. The summed E-state index contributed by atoms with van der Waals surface area (Å²) < 4.78 is 31.1. The number of methoxy groups -OCH3 is 1. The van der Waals surface area contributed by atoms with E-state index in [0.717, 1.165) is 6.20 Å². The molecule has 1 fully saturated rings. The summed E-state index contributed by atoms with van der Waals surface area (Å²) in [6, 6.07) is 1.89. The number of carboxylic acids is 1. The second kappa shape index (κ2) is 6.63. The molecule has 2 atom stereocenters. The summed E-state index contributed by atoms with van der Waals surface area (Å²) in [5.41, 5.74) is 0.00144. The fourth-order valence-corrected chi connectivity index (χ4v) is 4.33. The fourth-order valence-electron chi connectivity index (χ4n) is 2.68. The number of nitrogens with zero attached hydrogens (tertiary/aromatic N) is 2. The van der Waals surface area contributed by atoms with Crippen LogP contribution in [-0.4, -0.2) is 54.4 Å². The van der Waals surface area contributed by atoms with Crippen LogP contribution in [0.15, 0.2) is 23.2 Å². The van der Waals surface area contributed by atoms with E-state index in [-0.39, 0.29) is 17.1 Å². The average Bonchev–Trinajstić information content (AvgIpc) is 2.54. The van der Waals surface area contributed by atoms with Crippen LogP contribution in [0.25, 0.3) is 0 Å². The topological polar surface area (TPSA) is 114 Å². The monoisotopic (exact) mass is 342 g/mol. The molecular formula is C14H18N2O6S. The summed E-state index contributed by atoms with van der Waals surface area (Å²) in [5.74, 6) is -2.40. The number of sulfonamides is 1. The highest BCUT2D eigenvalue weighted by Crippen LogP contribution is 2.29. The van der Waals surface area contributed by atoms with Gasteiger partial charge in [0.1, 0.15) is 10.6 Å². The van der Waals surface area contributed by atoms with E-state index in [4.69, 9.17) is 0 Å². The summed E-state index contributed by atoms with van der Waals surface area (Å²) in [4.78, 5) is 26.3. The minimum atomic E-state index is -3.87. The molecule has 126 valence electrons. The number of aromatic nitrogens is 1. The van der Waals surface area contributed by atoms with Gasteiger partial charge in [-0.05, 0) is 31.9 Å². The molecule has 1 aliphatic heterocycles. The lowest BCUT2D eigenvalue weighted by molar-refractivity contribution is -0.144. The molecule has 0 aromatic carbocycles. The Hall–Kier alpha value is -2.00. The standard InChI is InChI=1S/C14H18N2O6S/c1-9-11(13(17)18)4-3-7-16(9)23(20,21)10-5-6-12(15-8-10)14(19)22-2/h5-6,8-9,11H,3-4,7H2,1-2H3,(H,17,18)/t9-,11-/m0/s1. The molecule has 0 saturated carbocycles. The maximum atomic E-state index is 12.7. The number of aliphatic carboxylic acids is 1. The molecule has 0 unspecified atom stereocenters. The van der Waals surface area contributed by atoms with E-state index in [9.17, 15) is 23.1 Å². The Balaban J connectivity index is 2.30. The second-order valence-corrected chi connectivity index (χ2v) is 7.20. The number of piperidine rings is 1. The van der Waals surface area contributed by atoms with Crippen LogP contribution in [0.3, 0.4) is 0 Å². The highest BCUT2D eigenvalue weighted by molar-refractivity contribution is 7.89. The first-order valence-electron chi connectivity index (χ1n) is 7.08. The van der Waals surface area contributed by atoms with E-state index < -0.39 is 33.9 Å². The maximum absolute atomic E-state index is 12.7. The van der Waals surface area contributed by atoms with Crippen molar-refractivity contribution in [1.29, 1.82) is 0 Å². The molecule has 9 heteroatoms. The van der Waals surface area contributed by atoms with Gasteiger partial charge in [-0.3, -0.25) is 4.79 Å². The molecule has 2 heterocycles. The first-order valence-corrected chi connectivity index (χ1v) is 8.52. The molecule has 0 bridgehead atoms. The van der Waals surface area contributed by atoms with Crippen LogP contribution in [0.4, 0.5) is 0 Å². The van der Waals surface area contributed by atoms with Crippen molar-refractivity contribution in [2.24, 2.45) is 5.92 Å². The molecule has 0 aliphatic carbocycles. The normalized spacial score (nSPS) is 22.5. The van der Waals surface area contributed by atoms with Gasteiger partial charge in [-0.2, -0.15) is 4.31 Å². The zero-order valence-electron chi connectivity index (χ0n) is 12.8. The first kappa shape index (κ1) is 17.4. The zero-order valence-corrected chi connectivity index (χ0v) is 13.6. The van der Waals surface area contributed by atoms with Crippen LogP contribution in [0.2, 0.25) is 0 Å². The molecule has 0 spiro atoms. The van der Waals surface area contributed by atoms with Gasteiger partial charge in [0.15, 0.2) is 0 Å². The van der Waals surface area contributed by atoms with E-state index in [0.29, 0.717) is 12.8 Å². The van der Waals surface area contributed by atoms with E-state index in [1.807, 2.05) is 0 Å². The van der Waals surface area contributed by atoms with Gasteiger partial charge in [0.25, 0.3) is 0 Å². The fraction of sp³-hybridized carbons (Fsp3) is 0.500. The van der Waals surface area contributed by atoms with Crippen molar-refractivity contribution in [2.45, 2.75) is 30.7 Å². The number of carbonyl (C=O) groups is 2. The maximum Gasteiger partial charge on any atom is 0.356 e. The Morgan fingerprint density at radius 1 is 1.39 bits per heavy atom. The molecular weight excluding hydrogens is 324 g/mol. The van der Waals surface area contributed by atoms with E-state index in [2.05, 4.69) is 9.72 Å². The largest absolute Gasteiger partial charge is 0.481 e. The molecule has 2 rings (SSSR count). The molecule has 0 radical (unpaired) electrons. The number of pyridine rings is 1. The van der Waals surface area contributed by atoms with Crippen molar-refractivity contribution < 1.29 is 27.9 Å². The third-order valence-corrected chi connectivity index (χ3v) is 5.95. The minimum Gasteiger partial charge on any atom is -0.481 e. The summed E-state index contributed by atoms with van der Waals surface area (Å²) in [6.45, 7) is 1.85. The molecule has 0 amide bonds. The molecule has 1 N–H and O–H groups in total. The molecule has 1 saturated heterocycles. The van der Waals surface area contributed by atoms with E-state index >= 15 is 0 Å². The first-order chi connectivity index (χ1) is 10.8. The highest BCUT2D eigenvalue weighted by atomic mass is 32.2. The van der Waals surface area contributed by atoms with Crippen molar-refractivity contribution in [1.82, 2.24) is 9.29 Å². The van der Waals surface area contributed by atoms with Gasteiger partial charge in [0.2, 0.25) is 10.0 Å². The van der Waals surface area contributed by atoms with E-state index in [1.165, 1.54) is 23.5 Å². The number of rotatable bonds is 4. The molecule has 8 nitrogen and oxygen atoms in total. The smallest absolute Gasteiger partial charge is 0.356 e. The molecule has 1 aliphatic rings. The number of hydrogen-bond acceptors (Lipinski definition) is 6. The van der Waals surface area contributed by atoms with Gasteiger partial charge < -0.3 is 9.84 Å². The molecule has 23 heavy (non-hydrogen) atoms. The van der Waals surface area contributed by atoms with Crippen LogP contribution in [-0.2, 0) is 19.6 Å². The van der Waals surface area contributed by atoms with Gasteiger partial charge >= 0.3 is 11.9 Å². The lowest BCUT2D eigenvalue weighted by atomic mass is 9.92. The van der Waals surface area contributed by atoms with Crippen LogP contribution in [0, 0.1) is 5.92 Å². The lowest BCUT2D eigenvalue weighted by Gasteiger charge is -2.36. The van der Waals surface area contributed by atoms with Gasteiger partial charge in [0, 0.05) is 18.8 Å². The Bertz CT molecular complexity index is 700. The van der Waals surface area contributed by atoms with Crippen LogP contribution in [0.5, 0.6) is 0 Å². The number of ether oxygens (including phenoxy) is 1. The summed E-state index contributed by atoms with van der Waals surface area (Å²) in [7, 11) is -2.67. The van der Waals surface area contributed by atoms with Crippen molar-refractivity contribution in [3.63, 3.8) is 0 Å². The highest BCUT2D eigenvalue weighted by Gasteiger charge is 2.39. The Morgan fingerprint density at radius 2 is 2.09 bits per heavy atom. The lowest BCUT2D eigenvalue weighted by Crippen LogP contribution is -2.49. The Labute approximate surface area is 134 Å². The Kier molecular flexibility index (Phi) is 5.00. The summed E-state index contributed by atoms with van der Waals surface area (Å²) in [5, 5.41) is 9.20. The number of carboxylic acid groups (broad SMARTS) is 1. The van der Waals surface area contributed by atoms with Crippen molar-refractivity contribution in [3.05, 3.63) is 24.0 Å². The number of carbonyl (C=O) groups excluding carboxylic acids is 1.